The van der Waals surface area contributed by atoms with Crippen LogP contribution in [0.2, 0.25) is 0 Å². The van der Waals surface area contributed by atoms with Crippen molar-refractivity contribution in [1.82, 2.24) is 0 Å². The molecule has 0 unspecified atom stereocenters. The molecule has 9 aromatic rings. The molecule has 0 fully saturated rings. The maximum Gasteiger partial charge on any atom is 0.0720 e. The molecular formula is C58H43N. The fourth-order valence-electron chi connectivity index (χ4n) is 10.3. The lowest BCUT2D eigenvalue weighted by Gasteiger charge is -2.47. The molecule has 0 radical (unpaired) electrons. The normalized spacial score (nSPS) is 13.9. The van der Waals surface area contributed by atoms with Gasteiger partial charge in [0.15, 0.2) is 0 Å². The van der Waals surface area contributed by atoms with Crippen molar-refractivity contribution in [2.45, 2.75) is 24.7 Å². The van der Waals surface area contributed by atoms with E-state index in [4.69, 9.17) is 0 Å². The zero-order valence-corrected chi connectivity index (χ0v) is 33.3. The highest BCUT2D eigenvalue weighted by atomic mass is 15.1. The first-order valence-corrected chi connectivity index (χ1v) is 20.7. The van der Waals surface area contributed by atoms with Crippen LogP contribution < -0.4 is 4.90 Å². The quantitative estimate of drug-likeness (QED) is 0.163. The number of hydrogen-bond acceptors (Lipinski definition) is 1. The van der Waals surface area contributed by atoms with E-state index in [1.54, 1.807) is 0 Å². The largest absolute Gasteiger partial charge is 0.310 e. The molecule has 59 heavy (non-hydrogen) atoms. The second-order valence-electron chi connectivity index (χ2n) is 16.5. The summed E-state index contributed by atoms with van der Waals surface area (Å²) in [7, 11) is 0. The molecule has 2 aliphatic rings. The zero-order valence-electron chi connectivity index (χ0n) is 33.3. The molecule has 280 valence electrons. The molecule has 0 saturated heterocycles. The Morgan fingerprint density at radius 2 is 0.729 bits per heavy atom. The van der Waals surface area contributed by atoms with Gasteiger partial charge in [-0.3, -0.25) is 0 Å². The molecule has 1 heteroatoms. The van der Waals surface area contributed by atoms with Gasteiger partial charge in [-0.25, -0.2) is 0 Å². The van der Waals surface area contributed by atoms with Crippen LogP contribution in [0.4, 0.5) is 17.1 Å². The minimum Gasteiger partial charge on any atom is -0.310 e. The third-order valence-electron chi connectivity index (χ3n) is 12.9. The average molecular weight is 754 g/mol. The van der Waals surface area contributed by atoms with Gasteiger partial charge in [-0.05, 0) is 109 Å². The second kappa shape index (κ2) is 13.7. The summed E-state index contributed by atoms with van der Waals surface area (Å²) in [6.07, 6.45) is 0. The van der Waals surface area contributed by atoms with Gasteiger partial charge >= 0.3 is 0 Å². The van der Waals surface area contributed by atoms with Gasteiger partial charge in [-0.1, -0.05) is 202 Å². The summed E-state index contributed by atoms with van der Waals surface area (Å²) in [6.45, 7) is 4.81. The Bertz CT molecular complexity index is 2910. The van der Waals surface area contributed by atoms with E-state index in [1.807, 2.05) is 0 Å². The van der Waals surface area contributed by atoms with Crippen LogP contribution >= 0.6 is 0 Å². The van der Waals surface area contributed by atoms with Crippen molar-refractivity contribution in [3.05, 3.63) is 258 Å². The predicted molar refractivity (Wildman–Crippen MR) is 247 cm³/mol. The lowest BCUT2D eigenvalue weighted by atomic mass is 9.55. The van der Waals surface area contributed by atoms with Gasteiger partial charge in [-0.15, -0.1) is 0 Å². The van der Waals surface area contributed by atoms with E-state index in [0.717, 1.165) is 17.1 Å². The first-order chi connectivity index (χ1) is 29.0. The smallest absolute Gasteiger partial charge is 0.0720 e. The minimum absolute atomic E-state index is 0.233. The van der Waals surface area contributed by atoms with Crippen LogP contribution in [-0.2, 0) is 10.8 Å². The minimum atomic E-state index is -0.504. The van der Waals surface area contributed by atoms with Crippen molar-refractivity contribution in [3.63, 3.8) is 0 Å². The maximum absolute atomic E-state index is 2.53. The number of hydrogen-bond donors (Lipinski definition) is 0. The Kier molecular flexibility index (Phi) is 8.13. The summed E-state index contributed by atoms with van der Waals surface area (Å²) in [5.74, 6) is 0. The Morgan fingerprint density at radius 3 is 1.31 bits per heavy atom. The lowest BCUT2D eigenvalue weighted by Crippen LogP contribution is -2.40. The van der Waals surface area contributed by atoms with Gasteiger partial charge < -0.3 is 4.90 Å². The number of nitrogens with zero attached hydrogens (tertiary/aromatic N) is 1. The Balaban J connectivity index is 1.24. The van der Waals surface area contributed by atoms with Crippen LogP contribution in [0, 0.1) is 0 Å². The van der Waals surface area contributed by atoms with Crippen LogP contribution in [-0.4, -0.2) is 0 Å². The molecular weight excluding hydrogens is 711 g/mol. The van der Waals surface area contributed by atoms with Crippen molar-refractivity contribution in [2.75, 3.05) is 4.90 Å². The van der Waals surface area contributed by atoms with Crippen molar-refractivity contribution in [1.29, 1.82) is 0 Å². The molecule has 0 N–H and O–H groups in total. The Labute approximate surface area is 347 Å². The highest BCUT2D eigenvalue weighted by molar-refractivity contribution is 5.93. The van der Waals surface area contributed by atoms with Gasteiger partial charge in [0.2, 0.25) is 0 Å². The monoisotopic (exact) mass is 753 g/mol. The van der Waals surface area contributed by atoms with Gasteiger partial charge in [0.1, 0.15) is 0 Å². The molecule has 0 aromatic heterocycles. The molecule has 0 bridgehead atoms. The van der Waals surface area contributed by atoms with Crippen LogP contribution in [0.5, 0.6) is 0 Å². The molecule has 1 spiro atoms. The zero-order chi connectivity index (χ0) is 39.6. The number of rotatable bonds is 6. The van der Waals surface area contributed by atoms with E-state index >= 15 is 0 Å². The average Bonchev–Trinajstić information content (AvgIpc) is 3.60. The van der Waals surface area contributed by atoms with Gasteiger partial charge in [0.05, 0.1) is 11.1 Å². The van der Waals surface area contributed by atoms with Crippen molar-refractivity contribution < 1.29 is 0 Å². The molecule has 0 atom stereocenters. The Hall–Kier alpha value is -7.22. The van der Waals surface area contributed by atoms with Crippen molar-refractivity contribution in [2.24, 2.45) is 0 Å². The molecule has 0 amide bonds. The van der Waals surface area contributed by atoms with Crippen LogP contribution in [0.25, 0.3) is 44.5 Å². The maximum atomic E-state index is 2.53. The summed E-state index contributed by atoms with van der Waals surface area (Å²) in [6, 6.07) is 83.1. The molecule has 0 heterocycles. The van der Waals surface area contributed by atoms with Gasteiger partial charge in [0.25, 0.3) is 0 Å². The van der Waals surface area contributed by atoms with Crippen LogP contribution in [0.15, 0.2) is 224 Å². The standard InChI is InChI=1S/C58H43N/c1-57(2)52-31-17-18-32-54(52)58(50-29-15-12-27-48(50)49-28-13-16-30-51(49)58)55-39-45(34-35-53(55)57)59(56-33-19-14-26-47(56)42-24-10-5-11-25-42)46-37-43(40-20-6-3-7-21-40)36-44(38-46)41-22-8-4-9-23-41/h3-39H,1-2H3. The highest BCUT2D eigenvalue weighted by Gasteiger charge is 2.53. The van der Waals surface area contributed by atoms with Crippen LogP contribution in [0.3, 0.4) is 0 Å². The third-order valence-corrected chi connectivity index (χ3v) is 12.9. The van der Waals surface area contributed by atoms with E-state index in [-0.39, 0.29) is 5.41 Å². The first-order valence-electron chi connectivity index (χ1n) is 20.7. The second-order valence-corrected chi connectivity index (χ2v) is 16.5. The summed E-state index contributed by atoms with van der Waals surface area (Å²) >= 11 is 0. The number of anilines is 3. The lowest BCUT2D eigenvalue weighted by molar-refractivity contribution is 0.563. The molecule has 11 rings (SSSR count). The molecule has 9 aromatic carbocycles. The fraction of sp³-hybridized carbons (Fsp3) is 0.0690. The summed E-state index contributed by atoms with van der Waals surface area (Å²) in [4.78, 5) is 2.51. The molecule has 2 aliphatic carbocycles. The molecule has 1 nitrogen and oxygen atoms in total. The number of fused-ring (bicyclic) bond motifs is 9. The van der Waals surface area contributed by atoms with E-state index in [2.05, 4.69) is 243 Å². The number of benzene rings is 9. The van der Waals surface area contributed by atoms with E-state index in [1.165, 1.54) is 77.9 Å². The van der Waals surface area contributed by atoms with E-state index in [9.17, 15) is 0 Å². The molecule has 0 aliphatic heterocycles. The van der Waals surface area contributed by atoms with Crippen molar-refractivity contribution >= 4 is 17.1 Å². The summed E-state index contributed by atoms with van der Waals surface area (Å²) < 4.78 is 0. The van der Waals surface area contributed by atoms with Crippen molar-refractivity contribution in [3.8, 4) is 44.5 Å². The summed E-state index contributed by atoms with van der Waals surface area (Å²) in [5.41, 5.74) is 20.4. The third kappa shape index (κ3) is 5.39. The summed E-state index contributed by atoms with van der Waals surface area (Å²) in [5, 5.41) is 0. The first kappa shape index (κ1) is 35.0. The van der Waals surface area contributed by atoms with Gasteiger partial charge in [0, 0.05) is 22.4 Å². The topological polar surface area (TPSA) is 3.24 Å². The number of para-hydroxylation sites is 1. The fourth-order valence-corrected chi connectivity index (χ4v) is 10.3. The van der Waals surface area contributed by atoms with Gasteiger partial charge in [-0.2, -0.15) is 0 Å². The predicted octanol–water partition coefficient (Wildman–Crippen LogP) is 15.2. The van der Waals surface area contributed by atoms with E-state index < -0.39 is 5.41 Å². The highest BCUT2D eigenvalue weighted by Crippen LogP contribution is 2.62. The van der Waals surface area contributed by atoms with E-state index in [0.29, 0.717) is 0 Å². The molecule has 0 saturated carbocycles. The Morgan fingerprint density at radius 1 is 0.288 bits per heavy atom. The SMILES string of the molecule is CC1(C)c2ccccc2C2(c3ccccc3-c3ccccc32)c2cc(N(c3cc(-c4ccccc4)cc(-c4ccccc4)c3)c3ccccc3-c3ccccc3)ccc21. The van der Waals surface area contributed by atoms with Crippen LogP contribution in [0.1, 0.15) is 47.2 Å².